The highest BCUT2D eigenvalue weighted by molar-refractivity contribution is 5.26. The van der Waals surface area contributed by atoms with Gasteiger partial charge >= 0.3 is 0 Å². The van der Waals surface area contributed by atoms with Gasteiger partial charge in [-0.25, -0.2) is 0 Å². The van der Waals surface area contributed by atoms with Crippen LogP contribution in [0, 0.1) is 5.92 Å². The first-order valence-electron chi connectivity index (χ1n) is 9.78. The Morgan fingerprint density at radius 3 is 2.96 bits per heavy atom. The molecule has 6 nitrogen and oxygen atoms in total. The zero-order chi connectivity index (χ0) is 17.8. The fourth-order valence-corrected chi connectivity index (χ4v) is 4.19. The van der Waals surface area contributed by atoms with Crippen molar-refractivity contribution in [2.24, 2.45) is 5.92 Å². The van der Waals surface area contributed by atoms with Crippen molar-refractivity contribution in [3.05, 3.63) is 41.6 Å². The summed E-state index contributed by atoms with van der Waals surface area (Å²) in [6.45, 7) is 9.06. The summed E-state index contributed by atoms with van der Waals surface area (Å²) >= 11 is 0. The van der Waals surface area contributed by atoms with Gasteiger partial charge in [0.15, 0.2) is 0 Å². The minimum atomic E-state index is 0.357. The lowest BCUT2D eigenvalue weighted by Gasteiger charge is -2.33. The highest BCUT2D eigenvalue weighted by Crippen LogP contribution is 2.31. The van der Waals surface area contributed by atoms with Crippen LogP contribution < -0.4 is 0 Å². The van der Waals surface area contributed by atoms with Gasteiger partial charge in [-0.2, -0.15) is 5.10 Å². The molecule has 4 heterocycles. The van der Waals surface area contributed by atoms with Crippen LogP contribution in [0.2, 0.25) is 0 Å². The Kier molecular flexibility index (Phi) is 5.72. The lowest BCUT2D eigenvalue weighted by Crippen LogP contribution is -2.36. The largest absolute Gasteiger partial charge is 0.468 e. The number of ether oxygens (including phenoxy) is 2. The molecule has 26 heavy (non-hydrogen) atoms. The first kappa shape index (κ1) is 17.8. The molecule has 2 aliphatic heterocycles. The number of furan rings is 1. The third-order valence-corrected chi connectivity index (χ3v) is 5.47. The van der Waals surface area contributed by atoms with Gasteiger partial charge < -0.3 is 13.9 Å². The zero-order valence-corrected chi connectivity index (χ0v) is 15.6. The number of fused-ring (bicyclic) bond motifs is 1. The highest BCUT2D eigenvalue weighted by atomic mass is 16.5. The molecule has 2 aliphatic rings. The fourth-order valence-electron chi connectivity index (χ4n) is 4.19. The average molecular weight is 359 g/mol. The van der Waals surface area contributed by atoms with E-state index in [4.69, 9.17) is 19.0 Å². The van der Waals surface area contributed by atoms with Gasteiger partial charge in [-0.1, -0.05) is 0 Å². The molecule has 4 rings (SSSR count). The van der Waals surface area contributed by atoms with Crippen molar-refractivity contribution in [2.75, 3.05) is 33.0 Å². The third-order valence-electron chi connectivity index (χ3n) is 5.47. The first-order valence-corrected chi connectivity index (χ1v) is 9.78. The fraction of sp³-hybridized carbons (Fsp3) is 0.650. The molecule has 142 valence electrons. The van der Waals surface area contributed by atoms with E-state index in [2.05, 4.69) is 22.7 Å². The van der Waals surface area contributed by atoms with Crippen LogP contribution in [0.25, 0.3) is 0 Å². The standard InChI is InChI=1S/C20H29N3O3/c1-2-24-15-18-13-22(14-19-4-3-7-26-19)12-17-10-21-23(20(17)18)11-16-5-8-25-9-6-16/h3-4,7,10,16,18H,2,5-6,8-9,11-15H2,1H3. The van der Waals surface area contributed by atoms with Gasteiger partial charge in [-0.3, -0.25) is 9.58 Å². The first-order chi connectivity index (χ1) is 12.8. The van der Waals surface area contributed by atoms with Crippen molar-refractivity contribution in [1.82, 2.24) is 14.7 Å². The van der Waals surface area contributed by atoms with Crippen LogP contribution in [0.15, 0.2) is 29.0 Å². The highest BCUT2D eigenvalue weighted by Gasteiger charge is 2.30. The molecule has 0 aliphatic carbocycles. The summed E-state index contributed by atoms with van der Waals surface area (Å²) in [5.41, 5.74) is 2.71. The van der Waals surface area contributed by atoms with Crippen LogP contribution in [0.1, 0.15) is 42.7 Å². The quantitative estimate of drug-likeness (QED) is 0.761. The molecule has 1 unspecified atom stereocenters. The molecule has 0 N–H and O–H groups in total. The summed E-state index contributed by atoms with van der Waals surface area (Å²) in [7, 11) is 0. The van der Waals surface area contributed by atoms with E-state index in [0.29, 0.717) is 11.8 Å². The molecular weight excluding hydrogens is 330 g/mol. The second-order valence-electron chi connectivity index (χ2n) is 7.40. The SMILES string of the molecule is CCOCC1CN(Cc2ccco2)Cc2cnn(CC3CCOCC3)c21. The predicted octanol–water partition coefficient (Wildman–Crippen LogP) is 3.04. The lowest BCUT2D eigenvalue weighted by molar-refractivity contribution is 0.0585. The number of aromatic nitrogens is 2. The van der Waals surface area contributed by atoms with E-state index in [9.17, 15) is 0 Å². The van der Waals surface area contributed by atoms with E-state index in [1.165, 1.54) is 11.3 Å². The van der Waals surface area contributed by atoms with Gasteiger partial charge in [0.1, 0.15) is 5.76 Å². The van der Waals surface area contributed by atoms with Crippen LogP contribution in [-0.2, 0) is 29.1 Å². The second-order valence-corrected chi connectivity index (χ2v) is 7.40. The molecule has 1 fully saturated rings. The topological polar surface area (TPSA) is 52.7 Å². The van der Waals surface area contributed by atoms with Gasteiger partial charge in [0.25, 0.3) is 0 Å². The number of rotatable bonds is 7. The molecule has 1 atom stereocenters. The summed E-state index contributed by atoms with van der Waals surface area (Å²) in [5, 5.41) is 4.75. The smallest absolute Gasteiger partial charge is 0.117 e. The molecule has 0 aromatic carbocycles. The molecule has 0 amide bonds. The Balaban J connectivity index is 1.51. The normalized spacial score (nSPS) is 21.8. The van der Waals surface area contributed by atoms with Gasteiger partial charge in [0.05, 0.1) is 25.6 Å². The lowest BCUT2D eigenvalue weighted by atomic mass is 9.95. The minimum absolute atomic E-state index is 0.357. The van der Waals surface area contributed by atoms with Gasteiger partial charge in [-0.15, -0.1) is 0 Å². The summed E-state index contributed by atoms with van der Waals surface area (Å²) in [4.78, 5) is 2.44. The molecule has 1 saturated heterocycles. The Hall–Kier alpha value is -1.63. The van der Waals surface area contributed by atoms with Gasteiger partial charge in [0.2, 0.25) is 0 Å². The van der Waals surface area contributed by atoms with Gasteiger partial charge in [-0.05, 0) is 37.8 Å². The van der Waals surface area contributed by atoms with Crippen LogP contribution in [0.4, 0.5) is 0 Å². The van der Waals surface area contributed by atoms with Crippen molar-refractivity contribution < 1.29 is 13.9 Å². The number of hydrogen-bond acceptors (Lipinski definition) is 5. The number of hydrogen-bond donors (Lipinski definition) is 0. The van der Waals surface area contributed by atoms with Crippen LogP contribution in [0.3, 0.4) is 0 Å². The van der Waals surface area contributed by atoms with Crippen LogP contribution in [-0.4, -0.2) is 47.7 Å². The molecule has 2 aromatic rings. The third kappa shape index (κ3) is 4.03. The van der Waals surface area contributed by atoms with Crippen molar-refractivity contribution >= 4 is 0 Å². The van der Waals surface area contributed by atoms with Crippen molar-refractivity contribution in [3.8, 4) is 0 Å². The van der Waals surface area contributed by atoms with Crippen LogP contribution in [0.5, 0.6) is 0 Å². The second kappa shape index (κ2) is 8.37. The van der Waals surface area contributed by atoms with E-state index in [0.717, 1.165) is 71.2 Å². The van der Waals surface area contributed by atoms with E-state index in [-0.39, 0.29) is 0 Å². The van der Waals surface area contributed by atoms with Gasteiger partial charge in [0, 0.05) is 56.6 Å². The molecule has 0 spiro atoms. The van der Waals surface area contributed by atoms with E-state index < -0.39 is 0 Å². The summed E-state index contributed by atoms with van der Waals surface area (Å²) in [6, 6.07) is 4.00. The minimum Gasteiger partial charge on any atom is -0.468 e. The maximum Gasteiger partial charge on any atom is 0.117 e. The molecule has 0 bridgehead atoms. The maximum absolute atomic E-state index is 5.82. The predicted molar refractivity (Wildman–Crippen MR) is 97.8 cm³/mol. The zero-order valence-electron chi connectivity index (χ0n) is 15.6. The molecule has 2 aromatic heterocycles. The average Bonchev–Trinajstić information content (AvgIpc) is 3.31. The molecule has 0 radical (unpaired) electrons. The van der Waals surface area contributed by atoms with E-state index >= 15 is 0 Å². The van der Waals surface area contributed by atoms with E-state index in [1.54, 1.807) is 6.26 Å². The summed E-state index contributed by atoms with van der Waals surface area (Å²) < 4.78 is 19.1. The summed E-state index contributed by atoms with van der Waals surface area (Å²) in [6.07, 6.45) is 6.07. The Labute approximate surface area is 155 Å². The Bertz CT molecular complexity index is 677. The van der Waals surface area contributed by atoms with Crippen molar-refractivity contribution in [2.45, 2.75) is 45.3 Å². The summed E-state index contributed by atoms with van der Waals surface area (Å²) in [5.74, 6) is 2.04. The van der Waals surface area contributed by atoms with Crippen LogP contribution >= 0.6 is 0 Å². The molecule has 0 saturated carbocycles. The van der Waals surface area contributed by atoms with Crippen molar-refractivity contribution in [1.29, 1.82) is 0 Å². The van der Waals surface area contributed by atoms with Crippen molar-refractivity contribution in [3.63, 3.8) is 0 Å². The molecular formula is C20H29N3O3. The number of nitrogens with zero attached hydrogens (tertiary/aromatic N) is 3. The molecule has 6 heteroatoms. The Morgan fingerprint density at radius 2 is 2.19 bits per heavy atom. The Morgan fingerprint density at radius 1 is 1.31 bits per heavy atom. The monoisotopic (exact) mass is 359 g/mol. The maximum atomic E-state index is 5.82. The van der Waals surface area contributed by atoms with E-state index in [1.807, 2.05) is 12.1 Å².